The van der Waals surface area contributed by atoms with Gasteiger partial charge in [0.2, 0.25) is 0 Å². The Hall–Kier alpha value is -2.22. The smallest absolute Gasteiger partial charge is 0.289 e. The third-order valence-corrected chi connectivity index (χ3v) is 7.86. The van der Waals surface area contributed by atoms with Crippen LogP contribution >= 0.6 is 11.6 Å². The summed E-state index contributed by atoms with van der Waals surface area (Å²) in [6, 6.07) is 4.26. The molecule has 1 saturated carbocycles. The number of carbonyl (C=O) groups excluding carboxylic acids is 1. The molecular weight excluding hydrogens is 428 g/mol. The number of piperazine rings is 1. The van der Waals surface area contributed by atoms with Crippen LogP contribution in [-0.4, -0.2) is 61.1 Å². The second-order valence-electron chi connectivity index (χ2n) is 9.53. The van der Waals surface area contributed by atoms with E-state index in [1.165, 1.54) is 6.42 Å². The van der Waals surface area contributed by atoms with E-state index in [1.807, 2.05) is 17.0 Å². The van der Waals surface area contributed by atoms with Gasteiger partial charge in [-0.15, -0.1) is 0 Å². The maximum absolute atomic E-state index is 13.3. The normalized spacial score (nSPS) is 23.5. The molecule has 1 amide bonds. The predicted octanol–water partition coefficient (Wildman–Crippen LogP) is 3.89. The lowest BCUT2D eigenvalue weighted by Crippen LogP contribution is -2.57. The van der Waals surface area contributed by atoms with E-state index in [0.29, 0.717) is 29.9 Å². The average molecular weight is 457 g/mol. The van der Waals surface area contributed by atoms with Gasteiger partial charge in [0.15, 0.2) is 5.76 Å². The molecule has 0 bridgehead atoms. The minimum absolute atomic E-state index is 0.0468. The van der Waals surface area contributed by atoms with Crippen LogP contribution in [0.4, 0.5) is 5.69 Å². The molecule has 6 rings (SSSR count). The molecule has 0 radical (unpaired) electrons. The number of furan rings is 1. The number of carbonyl (C=O) groups is 1. The lowest BCUT2D eigenvalue weighted by Gasteiger charge is -2.44. The first-order chi connectivity index (χ1) is 15.5. The molecule has 1 aromatic carbocycles. The van der Waals surface area contributed by atoms with Crippen LogP contribution in [0.25, 0.3) is 11.0 Å². The van der Waals surface area contributed by atoms with Crippen molar-refractivity contribution < 1.29 is 13.9 Å². The van der Waals surface area contributed by atoms with Crippen LogP contribution in [0.5, 0.6) is 0 Å². The summed E-state index contributed by atoms with van der Waals surface area (Å²) in [5, 5.41) is 8.43. The Labute approximate surface area is 192 Å². The van der Waals surface area contributed by atoms with E-state index in [0.717, 1.165) is 80.0 Å². The number of benzene rings is 1. The highest BCUT2D eigenvalue weighted by Crippen LogP contribution is 2.49. The van der Waals surface area contributed by atoms with Gasteiger partial charge in [-0.3, -0.25) is 9.69 Å². The number of ether oxygens (including phenoxy) is 1. The molecule has 0 unspecified atom stereocenters. The Morgan fingerprint density at radius 1 is 1.12 bits per heavy atom. The maximum atomic E-state index is 13.3. The van der Waals surface area contributed by atoms with Gasteiger partial charge < -0.3 is 24.7 Å². The summed E-state index contributed by atoms with van der Waals surface area (Å²) in [5.74, 6) is 1.10. The van der Waals surface area contributed by atoms with E-state index in [1.54, 1.807) is 0 Å². The van der Waals surface area contributed by atoms with Crippen LogP contribution in [0.15, 0.2) is 28.9 Å². The molecule has 2 aromatic rings. The summed E-state index contributed by atoms with van der Waals surface area (Å²) in [6.45, 7) is 8.90. The molecule has 0 atom stereocenters. The lowest BCUT2D eigenvalue weighted by atomic mass is 9.74. The molecule has 4 heterocycles. The van der Waals surface area contributed by atoms with Gasteiger partial charge in [0.1, 0.15) is 5.58 Å². The Morgan fingerprint density at radius 2 is 1.88 bits per heavy atom. The van der Waals surface area contributed by atoms with Crippen LogP contribution in [0.3, 0.4) is 0 Å². The number of anilines is 1. The van der Waals surface area contributed by atoms with Gasteiger partial charge in [0.25, 0.3) is 5.91 Å². The Bertz CT molecular complexity index is 1080. The van der Waals surface area contributed by atoms with Crippen molar-refractivity contribution in [2.45, 2.75) is 43.7 Å². The van der Waals surface area contributed by atoms with Crippen molar-refractivity contribution in [3.05, 3.63) is 40.9 Å². The highest BCUT2D eigenvalue weighted by atomic mass is 35.5. The van der Waals surface area contributed by atoms with Gasteiger partial charge >= 0.3 is 0 Å². The number of amides is 1. The molecule has 4 aliphatic rings. The summed E-state index contributed by atoms with van der Waals surface area (Å²) in [6.07, 6.45) is 5.48. The van der Waals surface area contributed by atoms with Crippen LogP contribution in [0, 0.1) is 0 Å². The van der Waals surface area contributed by atoms with Gasteiger partial charge in [-0.2, -0.15) is 0 Å². The second kappa shape index (κ2) is 7.68. The number of hydrogen-bond donors (Lipinski definition) is 2. The van der Waals surface area contributed by atoms with Gasteiger partial charge in [-0.25, -0.2) is 0 Å². The van der Waals surface area contributed by atoms with Crippen LogP contribution < -0.4 is 10.6 Å². The number of fused-ring (bicyclic) bond motifs is 4. The number of rotatable bonds is 2. The van der Waals surface area contributed by atoms with Crippen molar-refractivity contribution >= 4 is 34.2 Å². The van der Waals surface area contributed by atoms with Crippen LogP contribution in [0.2, 0.25) is 5.02 Å². The topological polar surface area (TPSA) is 70.0 Å². The first kappa shape index (κ1) is 20.4. The SMILES string of the molecule is C=C1Nc2c(Cl)cc3cc(C(=O)N4CCN(C5COC5)CC4)oc3c2C2(CCCCC2)N1. The van der Waals surface area contributed by atoms with Crippen molar-refractivity contribution in [1.82, 2.24) is 15.1 Å². The molecule has 3 aliphatic heterocycles. The zero-order chi connectivity index (χ0) is 21.9. The maximum Gasteiger partial charge on any atom is 0.289 e. The number of nitrogens with zero attached hydrogens (tertiary/aromatic N) is 2. The highest BCUT2D eigenvalue weighted by molar-refractivity contribution is 6.34. The van der Waals surface area contributed by atoms with E-state index in [4.69, 9.17) is 20.8 Å². The monoisotopic (exact) mass is 456 g/mol. The average Bonchev–Trinajstić information content (AvgIpc) is 3.16. The van der Waals surface area contributed by atoms with E-state index in [-0.39, 0.29) is 11.4 Å². The van der Waals surface area contributed by atoms with Gasteiger partial charge in [-0.1, -0.05) is 37.4 Å². The van der Waals surface area contributed by atoms with Gasteiger partial charge in [0.05, 0.1) is 41.3 Å². The third kappa shape index (κ3) is 3.21. The third-order valence-electron chi connectivity index (χ3n) is 7.56. The minimum atomic E-state index is -0.256. The summed E-state index contributed by atoms with van der Waals surface area (Å²) < 4.78 is 11.6. The summed E-state index contributed by atoms with van der Waals surface area (Å²) in [4.78, 5) is 17.6. The summed E-state index contributed by atoms with van der Waals surface area (Å²) in [7, 11) is 0. The number of hydrogen-bond acceptors (Lipinski definition) is 6. The Morgan fingerprint density at radius 3 is 2.56 bits per heavy atom. The van der Waals surface area contributed by atoms with Crippen molar-refractivity contribution in [1.29, 1.82) is 0 Å². The van der Waals surface area contributed by atoms with Crippen molar-refractivity contribution in [3.8, 4) is 0 Å². The molecule has 1 aliphatic carbocycles. The quantitative estimate of drug-likeness (QED) is 0.714. The zero-order valence-corrected chi connectivity index (χ0v) is 19.0. The first-order valence-corrected chi connectivity index (χ1v) is 12.0. The van der Waals surface area contributed by atoms with E-state index in [9.17, 15) is 4.79 Å². The molecule has 3 fully saturated rings. The summed E-state index contributed by atoms with van der Waals surface area (Å²) >= 11 is 6.71. The number of halogens is 1. The largest absolute Gasteiger partial charge is 0.450 e. The van der Waals surface area contributed by atoms with Gasteiger partial charge in [-0.05, 0) is 25.0 Å². The molecule has 1 spiro atoms. The Kier molecular flexibility index (Phi) is 4.89. The highest BCUT2D eigenvalue weighted by Gasteiger charge is 2.42. The molecule has 2 saturated heterocycles. The second-order valence-corrected chi connectivity index (χ2v) is 9.94. The van der Waals surface area contributed by atoms with Crippen molar-refractivity contribution in [2.24, 2.45) is 0 Å². The van der Waals surface area contributed by atoms with Crippen molar-refractivity contribution in [3.63, 3.8) is 0 Å². The zero-order valence-electron chi connectivity index (χ0n) is 18.2. The fourth-order valence-corrected chi connectivity index (χ4v) is 6.04. The molecule has 8 heteroatoms. The van der Waals surface area contributed by atoms with E-state index in [2.05, 4.69) is 22.1 Å². The molecular formula is C24H29ClN4O3. The molecule has 7 nitrogen and oxygen atoms in total. The molecule has 32 heavy (non-hydrogen) atoms. The standard InChI is InChI=1S/C24H29ClN4O3/c1-15-26-21-18(25)11-16-12-19(23(30)29-9-7-28(8-10-29)17-13-31-14-17)32-22(16)20(21)24(27-15)5-3-2-4-6-24/h11-12,17,26-27H,1-10,13-14H2. The summed E-state index contributed by atoms with van der Waals surface area (Å²) in [5.41, 5.74) is 2.40. The van der Waals surface area contributed by atoms with Crippen molar-refractivity contribution in [2.75, 3.05) is 44.7 Å². The predicted molar refractivity (Wildman–Crippen MR) is 124 cm³/mol. The fourth-order valence-electron chi connectivity index (χ4n) is 5.78. The molecule has 170 valence electrons. The number of nitrogens with one attached hydrogen (secondary N) is 2. The van der Waals surface area contributed by atoms with Gasteiger partial charge in [0, 0.05) is 37.1 Å². The lowest BCUT2D eigenvalue weighted by molar-refractivity contribution is -0.0747. The van der Waals surface area contributed by atoms with Crippen LogP contribution in [0.1, 0.15) is 48.2 Å². The van der Waals surface area contributed by atoms with E-state index >= 15 is 0 Å². The first-order valence-electron chi connectivity index (χ1n) is 11.7. The Balaban J connectivity index is 1.34. The molecule has 2 N–H and O–H groups in total. The van der Waals surface area contributed by atoms with Crippen LogP contribution in [-0.2, 0) is 10.3 Å². The fraction of sp³-hybridized carbons (Fsp3) is 0.542. The van der Waals surface area contributed by atoms with E-state index < -0.39 is 0 Å². The molecule has 1 aromatic heterocycles. The minimum Gasteiger partial charge on any atom is -0.450 e.